The summed E-state index contributed by atoms with van der Waals surface area (Å²) in [4.78, 5) is 10.7. The normalized spacial score (nSPS) is 18.1. The molecule has 0 aromatic carbocycles. The van der Waals surface area contributed by atoms with E-state index in [9.17, 15) is 5.11 Å². The van der Waals surface area contributed by atoms with Gasteiger partial charge in [0.2, 0.25) is 0 Å². The van der Waals surface area contributed by atoms with Gasteiger partial charge in [0.1, 0.15) is 0 Å². The fourth-order valence-electron chi connectivity index (χ4n) is 2.60. The van der Waals surface area contributed by atoms with Crippen molar-refractivity contribution < 1.29 is 5.11 Å². The highest BCUT2D eigenvalue weighted by Gasteiger charge is 2.26. The van der Waals surface area contributed by atoms with E-state index in [1.165, 1.54) is 0 Å². The van der Waals surface area contributed by atoms with Gasteiger partial charge in [-0.15, -0.1) is 0 Å². The minimum Gasteiger partial charge on any atom is -0.391 e. The highest BCUT2D eigenvalue weighted by molar-refractivity contribution is 7.15. The van der Waals surface area contributed by atoms with Gasteiger partial charge >= 0.3 is 0 Å². The van der Waals surface area contributed by atoms with Gasteiger partial charge in [-0.25, -0.2) is 4.98 Å². The predicted octanol–water partition coefficient (Wildman–Crippen LogP) is 2.46. The predicted molar refractivity (Wildman–Crippen MR) is 85.7 cm³/mol. The second-order valence-electron chi connectivity index (χ2n) is 6.79. The molecule has 114 valence electrons. The van der Waals surface area contributed by atoms with Crippen molar-refractivity contribution in [1.29, 1.82) is 0 Å². The quantitative estimate of drug-likeness (QED) is 0.930. The second-order valence-corrected chi connectivity index (χ2v) is 7.86. The summed E-state index contributed by atoms with van der Waals surface area (Å²) in [6.45, 7) is 15.3. The van der Waals surface area contributed by atoms with Crippen LogP contribution >= 0.6 is 11.3 Å². The van der Waals surface area contributed by atoms with E-state index in [-0.39, 0.29) is 12.0 Å². The van der Waals surface area contributed by atoms with Crippen molar-refractivity contribution in [2.24, 2.45) is 0 Å². The van der Waals surface area contributed by atoms with Crippen molar-refractivity contribution in [2.75, 3.05) is 31.1 Å². The van der Waals surface area contributed by atoms with Gasteiger partial charge in [-0.05, 0) is 13.8 Å². The van der Waals surface area contributed by atoms with Gasteiger partial charge in [0.05, 0.1) is 17.2 Å². The molecule has 0 saturated carbocycles. The number of thiazole rings is 1. The highest BCUT2D eigenvalue weighted by Crippen LogP contribution is 2.34. The van der Waals surface area contributed by atoms with Crippen LogP contribution in [0.3, 0.4) is 0 Å². The summed E-state index contributed by atoms with van der Waals surface area (Å²) in [5, 5.41) is 10.6. The molecule has 4 nitrogen and oxygen atoms in total. The Hall–Kier alpha value is -0.650. The van der Waals surface area contributed by atoms with E-state index in [1.54, 1.807) is 11.3 Å². The van der Waals surface area contributed by atoms with Crippen LogP contribution in [0.4, 0.5) is 5.13 Å². The highest BCUT2D eigenvalue weighted by atomic mass is 32.1. The number of rotatable bonds is 3. The van der Waals surface area contributed by atoms with E-state index < -0.39 is 0 Å². The average molecular weight is 297 g/mol. The first-order valence-electron chi connectivity index (χ1n) is 7.43. The molecule has 1 aliphatic rings. The van der Waals surface area contributed by atoms with Crippen LogP contribution in [0.5, 0.6) is 0 Å². The van der Waals surface area contributed by atoms with Gasteiger partial charge in [0.15, 0.2) is 5.13 Å². The molecule has 1 fully saturated rings. The van der Waals surface area contributed by atoms with Crippen LogP contribution in [0.1, 0.15) is 45.2 Å². The van der Waals surface area contributed by atoms with Gasteiger partial charge in [-0.1, -0.05) is 32.1 Å². The Balaban J connectivity index is 2.13. The van der Waals surface area contributed by atoms with Crippen LogP contribution in [0.25, 0.3) is 0 Å². The Morgan fingerprint density at radius 2 is 1.80 bits per heavy atom. The zero-order valence-corrected chi connectivity index (χ0v) is 14.1. The molecule has 0 spiro atoms. The first kappa shape index (κ1) is 15.7. The topological polar surface area (TPSA) is 39.6 Å². The van der Waals surface area contributed by atoms with E-state index in [0.717, 1.165) is 41.9 Å². The average Bonchev–Trinajstić information content (AvgIpc) is 2.83. The summed E-state index contributed by atoms with van der Waals surface area (Å²) < 4.78 is 0. The first-order chi connectivity index (χ1) is 9.32. The van der Waals surface area contributed by atoms with E-state index in [0.29, 0.717) is 6.04 Å². The summed E-state index contributed by atoms with van der Waals surface area (Å²) >= 11 is 1.65. The van der Waals surface area contributed by atoms with Crippen molar-refractivity contribution in [2.45, 2.75) is 52.7 Å². The fourth-order valence-corrected chi connectivity index (χ4v) is 3.78. The Bertz CT molecular complexity index is 442. The van der Waals surface area contributed by atoms with Crippen molar-refractivity contribution in [3.8, 4) is 0 Å². The Kier molecular flexibility index (Phi) is 4.72. The molecular weight excluding hydrogens is 270 g/mol. The van der Waals surface area contributed by atoms with Crippen LogP contribution < -0.4 is 4.90 Å². The van der Waals surface area contributed by atoms with E-state index in [2.05, 4.69) is 44.4 Å². The number of nitrogens with zero attached hydrogens (tertiary/aromatic N) is 3. The SMILES string of the molecule is CC(C)N1CCN(c2nc(C(C)(C)C)c(CO)s2)CC1. The molecule has 1 aromatic heterocycles. The maximum Gasteiger partial charge on any atom is 0.185 e. The molecule has 0 bridgehead atoms. The van der Waals surface area contributed by atoms with Crippen LogP contribution in [0, 0.1) is 0 Å². The summed E-state index contributed by atoms with van der Waals surface area (Å²) in [5.74, 6) is 0. The van der Waals surface area contributed by atoms with Gasteiger partial charge < -0.3 is 10.0 Å². The largest absolute Gasteiger partial charge is 0.391 e. The molecule has 1 aliphatic heterocycles. The molecule has 1 saturated heterocycles. The molecule has 20 heavy (non-hydrogen) atoms. The van der Waals surface area contributed by atoms with Crippen LogP contribution in [-0.4, -0.2) is 47.2 Å². The fraction of sp³-hybridized carbons (Fsp3) is 0.800. The Morgan fingerprint density at radius 1 is 1.20 bits per heavy atom. The molecule has 1 aromatic rings. The third-order valence-corrected chi connectivity index (χ3v) is 4.96. The van der Waals surface area contributed by atoms with Crippen molar-refractivity contribution >= 4 is 16.5 Å². The van der Waals surface area contributed by atoms with Crippen molar-refractivity contribution in [3.05, 3.63) is 10.6 Å². The zero-order chi connectivity index (χ0) is 14.9. The monoisotopic (exact) mass is 297 g/mol. The smallest absolute Gasteiger partial charge is 0.185 e. The second kappa shape index (κ2) is 6.00. The minimum atomic E-state index is -0.00737. The van der Waals surface area contributed by atoms with Crippen molar-refractivity contribution in [3.63, 3.8) is 0 Å². The molecule has 0 aliphatic carbocycles. The van der Waals surface area contributed by atoms with Crippen LogP contribution in [0.15, 0.2) is 0 Å². The minimum absolute atomic E-state index is 0.00737. The van der Waals surface area contributed by atoms with Crippen molar-refractivity contribution in [1.82, 2.24) is 9.88 Å². The number of aliphatic hydroxyl groups is 1. The number of piperazine rings is 1. The summed E-state index contributed by atoms with van der Waals surface area (Å²) in [7, 11) is 0. The molecule has 0 amide bonds. The molecule has 5 heteroatoms. The standard InChI is InChI=1S/C15H27N3OS/c1-11(2)17-6-8-18(9-7-17)14-16-13(15(3,4)5)12(10-19)20-14/h11,19H,6-10H2,1-5H3. The number of hydrogen-bond donors (Lipinski definition) is 1. The zero-order valence-electron chi connectivity index (χ0n) is 13.3. The molecule has 2 heterocycles. The van der Waals surface area contributed by atoms with Crippen LogP contribution in [0.2, 0.25) is 0 Å². The van der Waals surface area contributed by atoms with Gasteiger partial charge in [0.25, 0.3) is 0 Å². The lowest BCUT2D eigenvalue weighted by atomic mass is 9.91. The molecular formula is C15H27N3OS. The number of aliphatic hydroxyl groups excluding tert-OH is 1. The Labute approximate surface area is 126 Å². The van der Waals surface area contributed by atoms with Gasteiger partial charge in [-0.2, -0.15) is 0 Å². The van der Waals surface area contributed by atoms with E-state index in [4.69, 9.17) is 4.98 Å². The molecule has 0 unspecified atom stereocenters. The molecule has 0 radical (unpaired) electrons. The van der Waals surface area contributed by atoms with Gasteiger partial charge in [-0.3, -0.25) is 4.90 Å². The molecule has 1 N–H and O–H groups in total. The Morgan fingerprint density at radius 3 is 2.20 bits per heavy atom. The third kappa shape index (κ3) is 3.32. The summed E-state index contributed by atoms with van der Waals surface area (Å²) in [6, 6.07) is 0.617. The van der Waals surface area contributed by atoms with E-state index >= 15 is 0 Å². The lowest BCUT2D eigenvalue weighted by Gasteiger charge is -2.36. The van der Waals surface area contributed by atoms with E-state index in [1.807, 2.05) is 0 Å². The number of aromatic nitrogens is 1. The first-order valence-corrected chi connectivity index (χ1v) is 8.24. The number of anilines is 1. The summed E-state index contributed by atoms with van der Waals surface area (Å²) in [6.07, 6.45) is 0. The maximum atomic E-state index is 9.55. The maximum absolute atomic E-state index is 9.55. The lowest BCUT2D eigenvalue weighted by molar-refractivity contribution is 0.209. The summed E-state index contributed by atoms with van der Waals surface area (Å²) in [5.41, 5.74) is 1.04. The molecule has 0 atom stereocenters. The molecule has 2 rings (SSSR count). The lowest BCUT2D eigenvalue weighted by Crippen LogP contribution is -2.48. The third-order valence-electron chi connectivity index (χ3n) is 3.86. The number of hydrogen-bond acceptors (Lipinski definition) is 5. The van der Waals surface area contributed by atoms with Gasteiger partial charge in [0, 0.05) is 37.6 Å². The van der Waals surface area contributed by atoms with Crippen LogP contribution in [-0.2, 0) is 12.0 Å².